The van der Waals surface area contributed by atoms with Crippen LogP contribution in [0.1, 0.15) is 178 Å². The normalized spacial score (nSPS) is 19.9. The van der Waals surface area contributed by atoms with Crippen LogP contribution in [-0.2, 0) is 0 Å². The fourth-order valence-corrected chi connectivity index (χ4v) is 12.4. The van der Waals surface area contributed by atoms with E-state index < -0.39 is 0 Å². The van der Waals surface area contributed by atoms with E-state index in [-0.39, 0.29) is 7.92 Å². The number of rotatable bonds is 9. The van der Waals surface area contributed by atoms with E-state index in [4.69, 9.17) is 4.74 Å². The molecule has 1 nitrogen and oxygen atoms in total. The van der Waals surface area contributed by atoms with Crippen LogP contribution in [0.25, 0.3) is 11.1 Å². The highest BCUT2D eigenvalue weighted by Crippen LogP contribution is 2.57. The van der Waals surface area contributed by atoms with E-state index in [0.717, 1.165) is 11.3 Å². The molecule has 0 bridgehead atoms. The van der Waals surface area contributed by atoms with Gasteiger partial charge in [-0.2, -0.15) is 0 Å². The average Bonchev–Trinajstić information content (AvgIpc) is 2.98. The molecule has 0 aromatic heterocycles. The van der Waals surface area contributed by atoms with Crippen molar-refractivity contribution in [1.82, 2.24) is 0 Å². The van der Waals surface area contributed by atoms with Crippen LogP contribution < -0.4 is 10.0 Å². The summed E-state index contributed by atoms with van der Waals surface area (Å²) < 4.78 is 6.91. The van der Waals surface area contributed by atoms with E-state index in [9.17, 15) is 0 Å². The summed E-state index contributed by atoms with van der Waals surface area (Å²) in [6.45, 7) is 16.8. The number of aryl methyl sites for hydroxylation is 1. The lowest BCUT2D eigenvalue weighted by Crippen LogP contribution is -2.28. The van der Waals surface area contributed by atoms with Crippen molar-refractivity contribution in [3.63, 3.8) is 0 Å². The quantitative estimate of drug-likeness (QED) is 0.265. The molecule has 0 atom stereocenters. The first kappa shape index (κ1) is 32.1. The van der Waals surface area contributed by atoms with Crippen LogP contribution in [0.4, 0.5) is 0 Å². The van der Waals surface area contributed by atoms with Gasteiger partial charge < -0.3 is 4.74 Å². The Morgan fingerprint density at radius 1 is 0.571 bits per heavy atom. The van der Waals surface area contributed by atoms with E-state index in [1.165, 1.54) is 113 Å². The maximum atomic E-state index is 6.91. The van der Waals surface area contributed by atoms with Gasteiger partial charge in [0.25, 0.3) is 0 Å². The maximum Gasteiger partial charge on any atom is 0.120 e. The number of ether oxygens (including phenoxy) is 1. The SMILES string of the molecule is Cc1cc(OC2CCCCC2)cc(P(C2CCCCC2)C2CCCCC2)c1-c1c(C(C)C)cc(C(C)C)cc1C(C)C. The third-order valence-electron chi connectivity index (χ3n) is 10.7. The molecule has 0 radical (unpaired) electrons. The largest absolute Gasteiger partial charge is 0.490 e. The van der Waals surface area contributed by atoms with Crippen LogP contribution in [0.2, 0.25) is 0 Å². The van der Waals surface area contributed by atoms with Crippen LogP contribution in [0, 0.1) is 6.92 Å². The first-order valence-corrected chi connectivity index (χ1v) is 19.5. The molecule has 0 saturated heterocycles. The van der Waals surface area contributed by atoms with Crippen LogP contribution in [-0.4, -0.2) is 17.4 Å². The third-order valence-corrected chi connectivity index (χ3v) is 14.3. The molecule has 0 amide bonds. The first-order chi connectivity index (χ1) is 20.2. The molecule has 3 aliphatic rings. The van der Waals surface area contributed by atoms with Gasteiger partial charge in [-0.25, -0.2) is 0 Å². The monoisotopic (exact) mass is 588 g/mol. The smallest absolute Gasteiger partial charge is 0.120 e. The minimum absolute atomic E-state index is 0.256. The summed E-state index contributed by atoms with van der Waals surface area (Å²) in [7, 11) is -0.256. The van der Waals surface area contributed by atoms with Crippen LogP contribution >= 0.6 is 7.92 Å². The van der Waals surface area contributed by atoms with Gasteiger partial charge in [-0.15, -0.1) is 0 Å². The van der Waals surface area contributed by atoms with Crippen molar-refractivity contribution in [3.8, 4) is 16.9 Å². The Hall–Kier alpha value is -1.33. The van der Waals surface area contributed by atoms with Gasteiger partial charge >= 0.3 is 0 Å². The predicted octanol–water partition coefficient (Wildman–Crippen LogP) is 12.5. The van der Waals surface area contributed by atoms with Gasteiger partial charge in [-0.3, -0.25) is 0 Å². The second-order valence-electron chi connectivity index (χ2n) is 15.0. The Balaban J connectivity index is 1.75. The van der Waals surface area contributed by atoms with Gasteiger partial charge in [0.1, 0.15) is 5.75 Å². The van der Waals surface area contributed by atoms with Crippen molar-refractivity contribution in [3.05, 3.63) is 46.5 Å². The summed E-state index contributed by atoms with van der Waals surface area (Å²) in [6.07, 6.45) is 21.2. The van der Waals surface area contributed by atoms with E-state index in [1.54, 1.807) is 27.6 Å². The molecular formula is C40H61OP. The van der Waals surface area contributed by atoms with Crippen LogP contribution in [0.3, 0.4) is 0 Å². The zero-order valence-electron chi connectivity index (χ0n) is 28.2. The molecular weight excluding hydrogens is 527 g/mol. The highest BCUT2D eigenvalue weighted by molar-refractivity contribution is 7.67. The molecule has 0 N–H and O–H groups in total. The summed E-state index contributed by atoms with van der Waals surface area (Å²) in [5.74, 6) is 2.71. The summed E-state index contributed by atoms with van der Waals surface area (Å²) in [4.78, 5) is 0. The fourth-order valence-electron chi connectivity index (χ4n) is 8.36. The van der Waals surface area contributed by atoms with Gasteiger partial charge in [0.15, 0.2) is 0 Å². The van der Waals surface area contributed by atoms with Gasteiger partial charge in [-0.05, 0) is 138 Å². The second-order valence-corrected chi connectivity index (χ2v) is 17.8. The minimum Gasteiger partial charge on any atom is -0.490 e. The van der Waals surface area contributed by atoms with E-state index in [1.807, 2.05) is 0 Å². The van der Waals surface area contributed by atoms with Crippen molar-refractivity contribution in [1.29, 1.82) is 0 Å². The van der Waals surface area contributed by atoms with Crippen molar-refractivity contribution < 1.29 is 4.74 Å². The van der Waals surface area contributed by atoms with Gasteiger partial charge in [0.05, 0.1) is 6.10 Å². The summed E-state index contributed by atoms with van der Waals surface area (Å²) in [5, 5.41) is 1.72. The standard InChI is InChI=1S/C40H61OP/c1-27(2)31-24-36(28(3)4)40(37(25-31)29(5)6)39-30(7)23-33(41-32-17-11-8-12-18-32)26-38(39)42(34-19-13-9-14-20-34)35-21-15-10-16-22-35/h23-29,32,34-35H,8-22H2,1-7H3. The van der Waals surface area contributed by atoms with Crippen LogP contribution in [0.15, 0.2) is 24.3 Å². The molecule has 3 saturated carbocycles. The number of hydrogen-bond acceptors (Lipinski definition) is 1. The Morgan fingerprint density at radius 3 is 1.50 bits per heavy atom. The molecule has 2 aromatic carbocycles. The zero-order valence-corrected chi connectivity index (χ0v) is 29.1. The Morgan fingerprint density at radius 2 is 1.05 bits per heavy atom. The molecule has 0 unspecified atom stereocenters. The molecule has 0 spiro atoms. The highest BCUT2D eigenvalue weighted by Gasteiger charge is 2.36. The van der Waals surface area contributed by atoms with Gasteiger partial charge in [0, 0.05) is 0 Å². The molecule has 3 fully saturated rings. The number of benzene rings is 2. The maximum absolute atomic E-state index is 6.91. The molecule has 42 heavy (non-hydrogen) atoms. The molecule has 2 heteroatoms. The van der Waals surface area contributed by atoms with Crippen LogP contribution in [0.5, 0.6) is 5.75 Å². The molecule has 3 aliphatic carbocycles. The lowest BCUT2D eigenvalue weighted by molar-refractivity contribution is 0.155. The highest BCUT2D eigenvalue weighted by atomic mass is 31.1. The Bertz CT molecular complexity index is 1110. The molecule has 0 aliphatic heterocycles. The predicted molar refractivity (Wildman–Crippen MR) is 187 cm³/mol. The lowest BCUT2D eigenvalue weighted by atomic mass is 9.80. The Kier molecular flexibility index (Phi) is 11.2. The van der Waals surface area contributed by atoms with Crippen molar-refractivity contribution in [2.45, 2.75) is 180 Å². The second kappa shape index (κ2) is 14.6. The first-order valence-electron chi connectivity index (χ1n) is 18.0. The summed E-state index contributed by atoms with van der Waals surface area (Å²) in [5.41, 5.74) is 11.0. The fraction of sp³-hybridized carbons (Fsp3) is 0.700. The lowest BCUT2D eigenvalue weighted by Gasteiger charge is -2.40. The van der Waals surface area contributed by atoms with E-state index >= 15 is 0 Å². The number of hydrogen-bond donors (Lipinski definition) is 0. The van der Waals surface area contributed by atoms with E-state index in [0.29, 0.717) is 23.9 Å². The van der Waals surface area contributed by atoms with E-state index in [2.05, 4.69) is 72.7 Å². The topological polar surface area (TPSA) is 9.23 Å². The van der Waals surface area contributed by atoms with Crippen molar-refractivity contribution >= 4 is 13.2 Å². The van der Waals surface area contributed by atoms with Crippen molar-refractivity contribution in [2.24, 2.45) is 0 Å². The third kappa shape index (κ3) is 7.31. The Labute approximate surface area is 260 Å². The molecule has 232 valence electrons. The summed E-state index contributed by atoms with van der Waals surface area (Å²) >= 11 is 0. The molecule has 5 rings (SSSR count). The van der Waals surface area contributed by atoms with Crippen molar-refractivity contribution in [2.75, 3.05) is 0 Å². The average molecular weight is 589 g/mol. The van der Waals surface area contributed by atoms with Gasteiger partial charge in [0.2, 0.25) is 0 Å². The van der Waals surface area contributed by atoms with Gasteiger partial charge in [-0.1, -0.05) is 107 Å². The molecule has 0 heterocycles. The summed E-state index contributed by atoms with van der Waals surface area (Å²) in [6, 6.07) is 10.2. The zero-order chi connectivity index (χ0) is 29.8. The molecule has 2 aromatic rings. The minimum atomic E-state index is -0.256.